The van der Waals surface area contributed by atoms with Crippen molar-refractivity contribution in [3.63, 3.8) is 0 Å². The Balaban J connectivity index is 1.60. The zero-order valence-electron chi connectivity index (χ0n) is 10.2. The molecule has 0 spiro atoms. The highest BCUT2D eigenvalue weighted by molar-refractivity contribution is 7.98. The standard InChI is InChI=1S/C10H12N6OS2/c1-6(17)11-9-12-7(4-18-9)5-19-10-13-14-15-16(10)8-2-3-8/h4,8H,2-3,5H2,1H3,(H,11,12,17). The molecular formula is C10H12N6OS2. The van der Waals surface area contributed by atoms with E-state index < -0.39 is 0 Å². The van der Waals surface area contributed by atoms with Gasteiger partial charge in [-0.05, 0) is 23.3 Å². The van der Waals surface area contributed by atoms with Gasteiger partial charge in [0.2, 0.25) is 11.1 Å². The summed E-state index contributed by atoms with van der Waals surface area (Å²) in [6.07, 6.45) is 2.31. The van der Waals surface area contributed by atoms with Crippen molar-refractivity contribution < 1.29 is 4.79 Å². The van der Waals surface area contributed by atoms with Gasteiger partial charge in [0.25, 0.3) is 0 Å². The number of amides is 1. The van der Waals surface area contributed by atoms with E-state index in [1.54, 1.807) is 11.8 Å². The third-order valence-electron chi connectivity index (χ3n) is 2.54. The van der Waals surface area contributed by atoms with Gasteiger partial charge in [-0.15, -0.1) is 16.4 Å². The first-order valence-electron chi connectivity index (χ1n) is 5.85. The van der Waals surface area contributed by atoms with Crippen molar-refractivity contribution in [3.8, 4) is 0 Å². The van der Waals surface area contributed by atoms with Crippen molar-refractivity contribution in [1.82, 2.24) is 25.2 Å². The third-order valence-corrected chi connectivity index (χ3v) is 4.31. The number of aromatic nitrogens is 5. The summed E-state index contributed by atoms with van der Waals surface area (Å²) in [5.41, 5.74) is 0.920. The van der Waals surface area contributed by atoms with E-state index in [4.69, 9.17) is 0 Å². The fourth-order valence-electron chi connectivity index (χ4n) is 1.55. The van der Waals surface area contributed by atoms with Crippen LogP contribution in [0.3, 0.4) is 0 Å². The Hall–Kier alpha value is -1.48. The quantitative estimate of drug-likeness (QED) is 0.845. The molecule has 0 atom stereocenters. The van der Waals surface area contributed by atoms with Crippen LogP contribution in [0.4, 0.5) is 5.13 Å². The van der Waals surface area contributed by atoms with E-state index in [0.717, 1.165) is 23.7 Å². The van der Waals surface area contributed by atoms with Crippen LogP contribution in [0, 0.1) is 0 Å². The van der Waals surface area contributed by atoms with Gasteiger partial charge in [0, 0.05) is 18.1 Å². The first-order chi connectivity index (χ1) is 9.22. The second-order valence-corrected chi connectivity index (χ2v) is 6.05. The molecule has 0 aliphatic heterocycles. The Labute approximate surface area is 117 Å². The molecule has 1 amide bonds. The summed E-state index contributed by atoms with van der Waals surface area (Å²) in [7, 11) is 0. The molecule has 1 saturated carbocycles. The number of thioether (sulfide) groups is 1. The lowest BCUT2D eigenvalue weighted by atomic mass is 10.6. The van der Waals surface area contributed by atoms with Crippen LogP contribution in [0.1, 0.15) is 31.5 Å². The van der Waals surface area contributed by atoms with E-state index in [1.165, 1.54) is 18.3 Å². The van der Waals surface area contributed by atoms with E-state index >= 15 is 0 Å². The fourth-order valence-corrected chi connectivity index (χ4v) is 3.25. The lowest BCUT2D eigenvalue weighted by molar-refractivity contribution is -0.114. The normalized spacial score (nSPS) is 14.6. The summed E-state index contributed by atoms with van der Waals surface area (Å²) in [5.74, 6) is 0.592. The molecule has 0 saturated heterocycles. The molecule has 1 N–H and O–H groups in total. The van der Waals surface area contributed by atoms with E-state index in [-0.39, 0.29) is 5.91 Å². The summed E-state index contributed by atoms with van der Waals surface area (Å²) < 4.78 is 1.88. The van der Waals surface area contributed by atoms with E-state index in [9.17, 15) is 4.79 Å². The number of carbonyl (C=O) groups excluding carboxylic acids is 1. The first-order valence-corrected chi connectivity index (χ1v) is 7.71. The minimum Gasteiger partial charge on any atom is -0.302 e. The number of anilines is 1. The maximum absolute atomic E-state index is 10.9. The van der Waals surface area contributed by atoms with Crippen molar-refractivity contribution >= 4 is 34.1 Å². The molecule has 19 heavy (non-hydrogen) atoms. The van der Waals surface area contributed by atoms with Crippen LogP contribution in [0.15, 0.2) is 10.5 Å². The average Bonchev–Trinajstić information content (AvgIpc) is 2.94. The number of tetrazole rings is 1. The van der Waals surface area contributed by atoms with Gasteiger partial charge < -0.3 is 5.32 Å². The molecule has 1 aliphatic rings. The molecule has 2 aromatic heterocycles. The monoisotopic (exact) mass is 296 g/mol. The Kier molecular flexibility index (Phi) is 3.47. The van der Waals surface area contributed by atoms with Gasteiger partial charge in [0.1, 0.15) is 0 Å². The second kappa shape index (κ2) is 5.25. The van der Waals surface area contributed by atoms with Crippen molar-refractivity contribution in [2.45, 2.75) is 36.7 Å². The van der Waals surface area contributed by atoms with Crippen LogP contribution in [0.2, 0.25) is 0 Å². The van der Waals surface area contributed by atoms with Gasteiger partial charge in [0.05, 0.1) is 11.7 Å². The molecule has 1 aliphatic carbocycles. The number of rotatable bonds is 5. The van der Waals surface area contributed by atoms with Gasteiger partial charge >= 0.3 is 0 Å². The SMILES string of the molecule is CC(=O)Nc1nc(CSc2nnnn2C2CC2)cs1. The van der Waals surface area contributed by atoms with Crippen LogP contribution < -0.4 is 5.32 Å². The summed E-state index contributed by atoms with van der Waals surface area (Å²) in [5, 5.41) is 17.8. The molecule has 100 valence electrons. The lowest BCUT2D eigenvalue weighted by Crippen LogP contribution is -2.05. The highest BCUT2D eigenvalue weighted by Crippen LogP contribution is 2.36. The summed E-state index contributed by atoms with van der Waals surface area (Å²) in [6.45, 7) is 1.47. The van der Waals surface area contributed by atoms with Crippen LogP contribution in [0.5, 0.6) is 0 Å². The molecule has 0 unspecified atom stereocenters. The first kappa shape index (κ1) is 12.5. The fraction of sp³-hybridized carbons (Fsp3) is 0.500. The van der Waals surface area contributed by atoms with Gasteiger partial charge in [-0.25, -0.2) is 9.67 Å². The molecular weight excluding hydrogens is 284 g/mol. The van der Waals surface area contributed by atoms with Crippen molar-refractivity contribution in [3.05, 3.63) is 11.1 Å². The highest BCUT2D eigenvalue weighted by Gasteiger charge is 2.27. The predicted octanol–water partition coefficient (Wildman–Crippen LogP) is 1.72. The van der Waals surface area contributed by atoms with E-state index in [1.807, 2.05) is 10.1 Å². The number of hydrogen-bond acceptors (Lipinski definition) is 7. The molecule has 1 fully saturated rings. The Bertz CT molecular complexity index is 590. The van der Waals surface area contributed by atoms with Crippen molar-refractivity contribution in [2.24, 2.45) is 0 Å². The van der Waals surface area contributed by atoms with Crippen LogP contribution >= 0.6 is 23.1 Å². The van der Waals surface area contributed by atoms with Gasteiger partial charge in [-0.1, -0.05) is 11.8 Å². The van der Waals surface area contributed by atoms with Gasteiger partial charge in [-0.2, -0.15) is 0 Å². The van der Waals surface area contributed by atoms with Crippen LogP contribution in [0.25, 0.3) is 0 Å². The number of nitrogens with zero attached hydrogens (tertiary/aromatic N) is 5. The summed E-state index contributed by atoms with van der Waals surface area (Å²) in [6, 6.07) is 0.475. The minimum atomic E-state index is -0.105. The van der Waals surface area contributed by atoms with Crippen molar-refractivity contribution in [1.29, 1.82) is 0 Å². The Morgan fingerprint density at radius 1 is 1.63 bits per heavy atom. The van der Waals surface area contributed by atoms with Gasteiger partial charge in [-0.3, -0.25) is 4.79 Å². The summed E-state index contributed by atoms with van der Waals surface area (Å²) >= 11 is 2.99. The maximum atomic E-state index is 10.9. The number of hydrogen-bond donors (Lipinski definition) is 1. The zero-order chi connectivity index (χ0) is 13.2. The largest absolute Gasteiger partial charge is 0.302 e. The lowest BCUT2D eigenvalue weighted by Gasteiger charge is -2.00. The average molecular weight is 296 g/mol. The Morgan fingerprint density at radius 2 is 2.47 bits per heavy atom. The molecule has 0 bridgehead atoms. The van der Waals surface area contributed by atoms with Gasteiger partial charge in [0.15, 0.2) is 5.13 Å². The molecule has 0 radical (unpaired) electrons. The summed E-state index contributed by atoms with van der Waals surface area (Å²) in [4.78, 5) is 15.2. The van der Waals surface area contributed by atoms with E-state index in [2.05, 4.69) is 25.8 Å². The second-order valence-electron chi connectivity index (χ2n) is 4.25. The van der Waals surface area contributed by atoms with E-state index in [0.29, 0.717) is 16.9 Å². The number of nitrogens with one attached hydrogen (secondary N) is 1. The predicted molar refractivity (Wildman–Crippen MR) is 72.1 cm³/mol. The van der Waals surface area contributed by atoms with Crippen LogP contribution in [-0.4, -0.2) is 31.1 Å². The molecule has 9 heteroatoms. The zero-order valence-corrected chi connectivity index (χ0v) is 11.9. The highest BCUT2D eigenvalue weighted by atomic mass is 32.2. The number of carbonyl (C=O) groups is 1. The maximum Gasteiger partial charge on any atom is 0.223 e. The molecule has 3 rings (SSSR count). The molecule has 2 heterocycles. The third kappa shape index (κ3) is 3.10. The molecule has 2 aromatic rings. The smallest absolute Gasteiger partial charge is 0.223 e. The minimum absolute atomic E-state index is 0.105. The molecule has 7 nitrogen and oxygen atoms in total. The topological polar surface area (TPSA) is 85.6 Å². The molecule has 0 aromatic carbocycles. The number of thiazole rings is 1. The van der Waals surface area contributed by atoms with Crippen molar-refractivity contribution in [2.75, 3.05) is 5.32 Å². The van der Waals surface area contributed by atoms with Crippen LogP contribution in [-0.2, 0) is 10.5 Å². The Morgan fingerprint density at radius 3 is 3.21 bits per heavy atom.